The second kappa shape index (κ2) is 9.35. The van der Waals surface area contributed by atoms with Gasteiger partial charge in [-0.15, -0.1) is 0 Å². The third-order valence-corrected chi connectivity index (χ3v) is 3.61. The Kier molecular flexibility index (Phi) is 6.90. The molecule has 0 aliphatic heterocycles. The summed E-state index contributed by atoms with van der Waals surface area (Å²) >= 11 is 6.02. The molecular formula is C18H16ClN3O5. The number of hydrazone groups is 1. The lowest BCUT2D eigenvalue weighted by Crippen LogP contribution is -2.17. The summed E-state index contributed by atoms with van der Waals surface area (Å²) in [5.41, 5.74) is 3.32. The third kappa shape index (κ3) is 5.55. The van der Waals surface area contributed by atoms with Crippen molar-refractivity contribution in [2.24, 2.45) is 5.10 Å². The lowest BCUT2D eigenvalue weighted by Gasteiger charge is -2.08. The number of nitrogens with zero attached hydrogens (tertiary/aromatic N) is 2. The second-order valence-electron chi connectivity index (χ2n) is 5.15. The van der Waals surface area contributed by atoms with E-state index in [9.17, 15) is 14.9 Å². The van der Waals surface area contributed by atoms with Crippen LogP contribution in [-0.4, -0.2) is 31.3 Å². The van der Waals surface area contributed by atoms with Gasteiger partial charge in [0.1, 0.15) is 0 Å². The Hall–Kier alpha value is -3.39. The first kappa shape index (κ1) is 19.9. The van der Waals surface area contributed by atoms with Gasteiger partial charge in [-0.1, -0.05) is 11.6 Å². The summed E-state index contributed by atoms with van der Waals surface area (Å²) in [5.74, 6) is 0.476. The minimum atomic E-state index is -0.486. The molecule has 0 unspecified atom stereocenters. The van der Waals surface area contributed by atoms with Crippen molar-refractivity contribution in [3.8, 4) is 11.5 Å². The Morgan fingerprint density at radius 3 is 2.41 bits per heavy atom. The molecule has 0 atom stereocenters. The molecule has 0 saturated heterocycles. The average Bonchev–Trinajstić information content (AvgIpc) is 2.67. The van der Waals surface area contributed by atoms with E-state index >= 15 is 0 Å². The molecule has 0 bridgehead atoms. The number of amides is 1. The van der Waals surface area contributed by atoms with Gasteiger partial charge in [-0.05, 0) is 42.0 Å². The molecular weight excluding hydrogens is 374 g/mol. The zero-order valence-corrected chi connectivity index (χ0v) is 15.3. The maximum Gasteiger partial charge on any atom is 0.271 e. The SMILES string of the molecule is COc1ccc(C(=O)N/N=C\C(Cl)=C/c2ccc([N+](=O)[O-])cc2)cc1OC. The molecule has 1 N–H and O–H groups in total. The Balaban J connectivity index is 2.01. The van der Waals surface area contributed by atoms with Crippen LogP contribution in [0.2, 0.25) is 0 Å². The third-order valence-electron chi connectivity index (χ3n) is 3.41. The minimum absolute atomic E-state index is 0.0147. The van der Waals surface area contributed by atoms with Crippen LogP contribution in [0.15, 0.2) is 52.6 Å². The highest BCUT2D eigenvalue weighted by Crippen LogP contribution is 2.27. The van der Waals surface area contributed by atoms with Crippen molar-refractivity contribution in [1.29, 1.82) is 0 Å². The smallest absolute Gasteiger partial charge is 0.271 e. The van der Waals surface area contributed by atoms with Crippen LogP contribution in [-0.2, 0) is 0 Å². The molecule has 0 saturated carbocycles. The number of carbonyl (C=O) groups excluding carboxylic acids is 1. The summed E-state index contributed by atoms with van der Waals surface area (Å²) in [5, 5.41) is 14.6. The van der Waals surface area contributed by atoms with Gasteiger partial charge in [0.2, 0.25) is 0 Å². The van der Waals surface area contributed by atoms with E-state index in [0.717, 1.165) is 0 Å². The molecule has 27 heavy (non-hydrogen) atoms. The quantitative estimate of drug-likeness (QED) is 0.442. The summed E-state index contributed by atoms with van der Waals surface area (Å²) in [4.78, 5) is 22.2. The molecule has 1 amide bonds. The summed E-state index contributed by atoms with van der Waals surface area (Å²) in [6.45, 7) is 0. The number of benzene rings is 2. The molecule has 140 valence electrons. The highest BCUT2D eigenvalue weighted by Gasteiger charge is 2.10. The van der Waals surface area contributed by atoms with Gasteiger partial charge in [-0.25, -0.2) is 5.43 Å². The van der Waals surface area contributed by atoms with Crippen LogP contribution in [0.1, 0.15) is 15.9 Å². The van der Waals surface area contributed by atoms with E-state index in [4.69, 9.17) is 21.1 Å². The second-order valence-corrected chi connectivity index (χ2v) is 5.58. The van der Waals surface area contributed by atoms with Gasteiger partial charge >= 0.3 is 0 Å². The number of allylic oxidation sites excluding steroid dienone is 1. The van der Waals surface area contributed by atoms with Crippen molar-refractivity contribution in [2.75, 3.05) is 14.2 Å². The summed E-state index contributed by atoms with van der Waals surface area (Å²) in [6.07, 6.45) is 2.80. The predicted octanol–water partition coefficient (Wildman–Crippen LogP) is 3.61. The van der Waals surface area contributed by atoms with Crippen LogP contribution < -0.4 is 14.9 Å². The number of halogens is 1. The number of hydrogen-bond donors (Lipinski definition) is 1. The summed E-state index contributed by atoms with van der Waals surface area (Å²) in [6, 6.07) is 10.5. The number of rotatable bonds is 7. The first-order chi connectivity index (χ1) is 12.9. The van der Waals surface area contributed by atoms with Crippen molar-refractivity contribution >= 4 is 35.5 Å². The summed E-state index contributed by atoms with van der Waals surface area (Å²) < 4.78 is 10.3. The first-order valence-electron chi connectivity index (χ1n) is 7.61. The standard InChI is InChI=1S/C18H16ClN3O5/c1-26-16-8-5-13(10-17(16)27-2)18(23)21-20-11-14(19)9-12-3-6-15(7-4-12)22(24)25/h3-11H,1-2H3,(H,21,23)/b14-9+,20-11-. The number of nitro groups is 1. The van der Waals surface area contributed by atoms with Crippen LogP contribution >= 0.6 is 11.6 Å². The Morgan fingerprint density at radius 1 is 1.15 bits per heavy atom. The van der Waals surface area contributed by atoms with Crippen LogP contribution in [0.3, 0.4) is 0 Å². The molecule has 0 spiro atoms. The van der Waals surface area contributed by atoms with Crippen LogP contribution in [0.25, 0.3) is 6.08 Å². The number of non-ortho nitro benzene ring substituents is 1. The Bertz CT molecular complexity index is 894. The van der Waals surface area contributed by atoms with E-state index in [1.54, 1.807) is 30.3 Å². The molecule has 0 aliphatic carbocycles. The highest BCUT2D eigenvalue weighted by molar-refractivity contribution is 6.41. The molecule has 2 aromatic rings. The van der Waals surface area contributed by atoms with E-state index < -0.39 is 10.8 Å². The lowest BCUT2D eigenvalue weighted by molar-refractivity contribution is -0.384. The molecule has 0 heterocycles. The fourth-order valence-electron chi connectivity index (χ4n) is 2.08. The molecule has 0 aliphatic rings. The van der Waals surface area contributed by atoms with Crippen molar-refractivity contribution in [1.82, 2.24) is 5.43 Å². The molecule has 0 fully saturated rings. The van der Waals surface area contributed by atoms with Gasteiger partial charge in [-0.2, -0.15) is 5.10 Å². The van der Waals surface area contributed by atoms with E-state index in [-0.39, 0.29) is 10.7 Å². The van der Waals surface area contributed by atoms with Gasteiger partial charge in [0.15, 0.2) is 11.5 Å². The van der Waals surface area contributed by atoms with Crippen molar-refractivity contribution in [2.45, 2.75) is 0 Å². The van der Waals surface area contributed by atoms with Gasteiger partial charge < -0.3 is 9.47 Å². The van der Waals surface area contributed by atoms with Gasteiger partial charge in [0.25, 0.3) is 11.6 Å². The van der Waals surface area contributed by atoms with Crippen LogP contribution in [0.5, 0.6) is 11.5 Å². The number of carbonyl (C=O) groups is 1. The maximum atomic E-state index is 12.1. The fraction of sp³-hybridized carbons (Fsp3) is 0.111. The van der Waals surface area contributed by atoms with Crippen LogP contribution in [0.4, 0.5) is 5.69 Å². The Morgan fingerprint density at radius 2 is 1.81 bits per heavy atom. The molecule has 0 radical (unpaired) electrons. The van der Waals surface area contributed by atoms with Crippen molar-refractivity contribution < 1.29 is 19.2 Å². The molecule has 2 rings (SSSR count). The monoisotopic (exact) mass is 389 g/mol. The normalized spacial score (nSPS) is 11.3. The van der Waals surface area contributed by atoms with E-state index in [1.165, 1.54) is 38.6 Å². The average molecular weight is 390 g/mol. The molecule has 0 aromatic heterocycles. The van der Waals surface area contributed by atoms with E-state index in [0.29, 0.717) is 22.6 Å². The number of nitro benzene ring substituents is 1. The Labute approximate surface area is 160 Å². The topological polar surface area (TPSA) is 103 Å². The van der Waals surface area contributed by atoms with Crippen molar-refractivity contribution in [3.63, 3.8) is 0 Å². The van der Waals surface area contributed by atoms with Gasteiger partial charge in [0.05, 0.1) is 30.4 Å². The fourth-order valence-corrected chi connectivity index (χ4v) is 2.26. The number of nitrogens with one attached hydrogen (secondary N) is 1. The van der Waals surface area contributed by atoms with Gasteiger partial charge in [0, 0.05) is 17.7 Å². The molecule has 9 heteroatoms. The highest BCUT2D eigenvalue weighted by atomic mass is 35.5. The van der Waals surface area contributed by atoms with Crippen molar-refractivity contribution in [3.05, 3.63) is 68.7 Å². The predicted molar refractivity (Wildman–Crippen MR) is 102 cm³/mol. The minimum Gasteiger partial charge on any atom is -0.493 e. The van der Waals surface area contributed by atoms with E-state index in [1.807, 2.05) is 0 Å². The summed E-state index contributed by atoms with van der Waals surface area (Å²) in [7, 11) is 2.97. The van der Waals surface area contributed by atoms with Crippen LogP contribution in [0, 0.1) is 10.1 Å². The number of hydrogen-bond acceptors (Lipinski definition) is 6. The van der Waals surface area contributed by atoms with E-state index in [2.05, 4.69) is 10.5 Å². The zero-order chi connectivity index (χ0) is 19.8. The zero-order valence-electron chi connectivity index (χ0n) is 14.5. The molecule has 2 aromatic carbocycles. The number of ether oxygens (including phenoxy) is 2. The number of methoxy groups -OCH3 is 2. The maximum absolute atomic E-state index is 12.1. The molecule has 8 nitrogen and oxygen atoms in total. The largest absolute Gasteiger partial charge is 0.493 e. The van der Waals surface area contributed by atoms with Gasteiger partial charge in [-0.3, -0.25) is 14.9 Å². The first-order valence-corrected chi connectivity index (χ1v) is 7.99. The lowest BCUT2D eigenvalue weighted by atomic mass is 10.2.